The number of para-hydroxylation sites is 2. The molecule has 2 aromatic rings. The molecular formula is C18H16N4. The molecule has 0 heterocycles. The summed E-state index contributed by atoms with van der Waals surface area (Å²) in [6.07, 6.45) is 0. The summed E-state index contributed by atoms with van der Waals surface area (Å²) < 4.78 is 0. The molecule has 108 valence electrons. The Morgan fingerprint density at radius 2 is 1.36 bits per heavy atom. The van der Waals surface area contributed by atoms with Crippen molar-refractivity contribution >= 4 is 11.4 Å². The van der Waals surface area contributed by atoms with E-state index < -0.39 is 0 Å². The fourth-order valence-electron chi connectivity index (χ4n) is 2.12. The van der Waals surface area contributed by atoms with E-state index in [2.05, 4.69) is 10.9 Å². The van der Waals surface area contributed by atoms with Gasteiger partial charge in [0.1, 0.15) is 17.5 Å². The van der Waals surface area contributed by atoms with Gasteiger partial charge in [0.25, 0.3) is 5.82 Å². The molecule has 4 heteroatoms. The van der Waals surface area contributed by atoms with Crippen LogP contribution in [0.1, 0.15) is 0 Å². The summed E-state index contributed by atoms with van der Waals surface area (Å²) in [5, 5.41) is 9.54. The van der Waals surface area contributed by atoms with Gasteiger partial charge in [-0.2, -0.15) is 5.26 Å². The molecule has 0 aliphatic rings. The molecule has 0 atom stereocenters. The zero-order chi connectivity index (χ0) is 15.9. The van der Waals surface area contributed by atoms with Gasteiger partial charge < -0.3 is 9.74 Å². The number of anilines is 2. The lowest BCUT2D eigenvalue weighted by Crippen LogP contribution is -2.24. The standard InChI is InChI=1S/C18H16N4/c1-20-18(22(3)16-12-8-5-9-13-16)17(14-19)21(2)15-10-6-4-7-11-15/h4-13H,2-3H3/b18-17-. The van der Waals surface area contributed by atoms with E-state index in [0.29, 0.717) is 11.5 Å². The molecular weight excluding hydrogens is 272 g/mol. The van der Waals surface area contributed by atoms with E-state index in [1.165, 1.54) is 0 Å². The molecule has 0 saturated heterocycles. The van der Waals surface area contributed by atoms with E-state index in [4.69, 9.17) is 6.57 Å². The van der Waals surface area contributed by atoms with Crippen LogP contribution in [-0.4, -0.2) is 14.1 Å². The van der Waals surface area contributed by atoms with Gasteiger partial charge in [-0.05, 0) is 24.3 Å². The Morgan fingerprint density at radius 3 is 1.77 bits per heavy atom. The van der Waals surface area contributed by atoms with Crippen LogP contribution in [0.5, 0.6) is 0 Å². The average Bonchev–Trinajstić information content (AvgIpc) is 2.60. The molecule has 0 unspecified atom stereocenters. The first-order valence-corrected chi connectivity index (χ1v) is 6.78. The third kappa shape index (κ3) is 3.08. The number of nitriles is 1. The van der Waals surface area contributed by atoms with Crippen molar-refractivity contribution in [3.8, 4) is 6.07 Å². The minimum Gasteiger partial charge on any atom is -0.361 e. The summed E-state index contributed by atoms with van der Waals surface area (Å²) in [6.45, 7) is 7.48. The van der Waals surface area contributed by atoms with E-state index in [0.717, 1.165) is 11.4 Å². The summed E-state index contributed by atoms with van der Waals surface area (Å²) in [5.41, 5.74) is 2.04. The van der Waals surface area contributed by atoms with Gasteiger partial charge in [-0.1, -0.05) is 43.0 Å². The Kier molecular flexibility index (Phi) is 4.80. The zero-order valence-corrected chi connectivity index (χ0v) is 12.6. The molecule has 0 aliphatic carbocycles. The van der Waals surface area contributed by atoms with Crippen LogP contribution < -0.4 is 9.80 Å². The van der Waals surface area contributed by atoms with Gasteiger partial charge >= 0.3 is 0 Å². The van der Waals surface area contributed by atoms with E-state index in [1.54, 1.807) is 23.9 Å². The molecule has 0 amide bonds. The van der Waals surface area contributed by atoms with Crippen LogP contribution in [0, 0.1) is 17.9 Å². The highest BCUT2D eigenvalue weighted by molar-refractivity contribution is 5.61. The van der Waals surface area contributed by atoms with Crippen LogP contribution in [0.2, 0.25) is 0 Å². The molecule has 2 aromatic carbocycles. The fraction of sp³-hybridized carbons (Fsp3) is 0.111. The number of rotatable bonds is 4. The maximum atomic E-state index is 9.54. The van der Waals surface area contributed by atoms with Gasteiger partial charge in [-0.15, -0.1) is 0 Å². The number of nitrogens with zero attached hydrogens (tertiary/aromatic N) is 4. The first-order valence-electron chi connectivity index (χ1n) is 6.78. The van der Waals surface area contributed by atoms with Gasteiger partial charge in [0.15, 0.2) is 0 Å². The lowest BCUT2D eigenvalue weighted by Gasteiger charge is -2.23. The first kappa shape index (κ1) is 15.2. The number of hydrogen-bond acceptors (Lipinski definition) is 3. The van der Waals surface area contributed by atoms with Crippen molar-refractivity contribution < 1.29 is 0 Å². The minimum absolute atomic E-state index is 0.292. The maximum absolute atomic E-state index is 9.54. The Hall–Kier alpha value is -3.24. The molecule has 0 radical (unpaired) electrons. The van der Waals surface area contributed by atoms with Gasteiger partial charge in [0.2, 0.25) is 0 Å². The molecule has 22 heavy (non-hydrogen) atoms. The van der Waals surface area contributed by atoms with Crippen molar-refractivity contribution in [1.29, 1.82) is 5.26 Å². The topological polar surface area (TPSA) is 34.6 Å². The molecule has 2 rings (SSSR count). The Bertz CT molecular complexity index is 671. The SMILES string of the molecule is [C-]#[N+]/C(=C(\C#N)N(C)c1ccccc1)N(C)c1ccccc1. The highest BCUT2D eigenvalue weighted by atomic mass is 15.2. The van der Waals surface area contributed by atoms with Crippen molar-refractivity contribution in [3.63, 3.8) is 0 Å². The van der Waals surface area contributed by atoms with Crippen LogP contribution in [0.15, 0.2) is 72.2 Å². The third-order valence-corrected chi connectivity index (χ3v) is 3.36. The first-order chi connectivity index (χ1) is 10.7. The largest absolute Gasteiger partial charge is 0.361 e. The van der Waals surface area contributed by atoms with Crippen molar-refractivity contribution in [3.05, 3.63) is 83.6 Å². The smallest absolute Gasteiger partial charge is 0.264 e. The molecule has 0 spiro atoms. The van der Waals surface area contributed by atoms with Gasteiger partial charge in [-0.3, -0.25) is 4.90 Å². The number of hydrogen-bond donors (Lipinski definition) is 0. The molecule has 0 bridgehead atoms. The summed E-state index contributed by atoms with van der Waals surface area (Å²) in [4.78, 5) is 7.03. The van der Waals surface area contributed by atoms with Crippen molar-refractivity contribution in [2.75, 3.05) is 23.9 Å². The lowest BCUT2D eigenvalue weighted by atomic mass is 10.2. The highest BCUT2D eigenvalue weighted by Crippen LogP contribution is 2.24. The second-order valence-corrected chi connectivity index (χ2v) is 4.68. The van der Waals surface area contributed by atoms with E-state index in [9.17, 15) is 5.26 Å². The van der Waals surface area contributed by atoms with Gasteiger partial charge in [-0.25, -0.2) is 0 Å². The second kappa shape index (κ2) is 6.97. The minimum atomic E-state index is 0.292. The van der Waals surface area contributed by atoms with Crippen LogP contribution in [0.4, 0.5) is 11.4 Å². The van der Waals surface area contributed by atoms with Gasteiger partial charge in [0, 0.05) is 12.7 Å². The lowest BCUT2D eigenvalue weighted by molar-refractivity contribution is 1.05. The summed E-state index contributed by atoms with van der Waals surface area (Å²) in [7, 11) is 3.58. The Balaban J connectivity index is 2.47. The molecule has 0 aromatic heterocycles. The van der Waals surface area contributed by atoms with Crippen molar-refractivity contribution in [2.45, 2.75) is 0 Å². The summed E-state index contributed by atoms with van der Waals surface area (Å²) >= 11 is 0. The van der Waals surface area contributed by atoms with Crippen molar-refractivity contribution in [2.24, 2.45) is 0 Å². The Morgan fingerprint density at radius 1 is 0.909 bits per heavy atom. The normalized spacial score (nSPS) is 10.9. The molecule has 4 nitrogen and oxygen atoms in total. The predicted octanol–water partition coefficient (Wildman–Crippen LogP) is 3.87. The van der Waals surface area contributed by atoms with Gasteiger partial charge in [0.05, 0.1) is 7.05 Å². The number of benzene rings is 2. The maximum Gasteiger partial charge on any atom is 0.264 e. The van der Waals surface area contributed by atoms with Crippen LogP contribution in [0.25, 0.3) is 4.85 Å². The van der Waals surface area contributed by atoms with E-state index in [-0.39, 0.29) is 0 Å². The van der Waals surface area contributed by atoms with Crippen LogP contribution >= 0.6 is 0 Å². The molecule has 0 saturated carbocycles. The van der Waals surface area contributed by atoms with E-state index >= 15 is 0 Å². The zero-order valence-electron chi connectivity index (χ0n) is 12.6. The predicted molar refractivity (Wildman–Crippen MR) is 88.9 cm³/mol. The quantitative estimate of drug-likeness (QED) is 0.632. The monoisotopic (exact) mass is 288 g/mol. The third-order valence-electron chi connectivity index (χ3n) is 3.36. The summed E-state index contributed by atoms with van der Waals surface area (Å²) in [5.74, 6) is 0.292. The second-order valence-electron chi connectivity index (χ2n) is 4.68. The number of allylic oxidation sites excluding steroid dienone is 1. The molecule has 0 aliphatic heterocycles. The molecule has 0 N–H and O–H groups in total. The average molecular weight is 288 g/mol. The molecule has 0 fully saturated rings. The Labute approximate surface area is 131 Å². The van der Waals surface area contributed by atoms with Crippen molar-refractivity contribution in [1.82, 2.24) is 0 Å². The summed E-state index contributed by atoms with van der Waals surface area (Å²) in [6, 6.07) is 21.2. The van der Waals surface area contributed by atoms with E-state index in [1.807, 2.05) is 60.7 Å². The fourth-order valence-corrected chi connectivity index (χ4v) is 2.12. The van der Waals surface area contributed by atoms with Crippen LogP contribution in [-0.2, 0) is 0 Å². The highest BCUT2D eigenvalue weighted by Gasteiger charge is 2.18. The van der Waals surface area contributed by atoms with Crippen LogP contribution in [0.3, 0.4) is 0 Å².